The van der Waals surface area contributed by atoms with Crippen molar-refractivity contribution < 1.29 is 41.3 Å². The summed E-state index contributed by atoms with van der Waals surface area (Å²) in [6.45, 7) is 4.40. The van der Waals surface area contributed by atoms with Crippen molar-refractivity contribution >= 4 is 5.97 Å². The summed E-state index contributed by atoms with van der Waals surface area (Å²) in [5.41, 5.74) is -4.64. The molecule has 1 saturated heterocycles. The zero-order valence-electron chi connectivity index (χ0n) is 13.3. The van der Waals surface area contributed by atoms with Gasteiger partial charge < -0.3 is 14.6 Å². The second kappa shape index (κ2) is 5.39. The van der Waals surface area contributed by atoms with E-state index in [-0.39, 0.29) is 18.4 Å². The molecule has 1 aliphatic heterocycles. The third kappa shape index (κ3) is 2.28. The number of hydrogen-bond acceptors (Lipinski definition) is 4. The Morgan fingerprint density at radius 1 is 1.25 bits per heavy atom. The molecule has 2 aliphatic rings. The zero-order valence-corrected chi connectivity index (χ0v) is 13.3. The van der Waals surface area contributed by atoms with E-state index in [0.29, 0.717) is 12.8 Å². The Hall–Kier alpha value is -1.22. The maximum atomic E-state index is 14.9. The van der Waals surface area contributed by atoms with Crippen LogP contribution in [0.1, 0.15) is 39.5 Å². The van der Waals surface area contributed by atoms with E-state index in [2.05, 4.69) is 11.3 Å². The molecule has 1 heterocycles. The van der Waals surface area contributed by atoms with Gasteiger partial charge in [0.1, 0.15) is 0 Å². The largest absolute Gasteiger partial charge is 0.449 e. The number of rotatable bonds is 2. The summed E-state index contributed by atoms with van der Waals surface area (Å²) in [5.74, 6) is -10.9. The Morgan fingerprint density at radius 2 is 1.75 bits per heavy atom. The molecule has 1 saturated carbocycles. The molecule has 0 radical (unpaired) electrons. The Balaban J connectivity index is 2.60. The minimum Gasteiger partial charge on any atom is -0.449 e. The first-order chi connectivity index (χ1) is 10.7. The third-order valence-corrected chi connectivity index (χ3v) is 5.18. The molecule has 1 aliphatic carbocycles. The Bertz CT molecular complexity index is 553. The topological polar surface area (TPSA) is 55.8 Å². The van der Waals surface area contributed by atoms with Crippen molar-refractivity contribution in [1.29, 1.82) is 0 Å². The van der Waals surface area contributed by atoms with E-state index in [0.717, 1.165) is 6.92 Å². The lowest BCUT2D eigenvalue weighted by atomic mass is 9.64. The number of carbonyl (C=O) groups is 1. The van der Waals surface area contributed by atoms with Gasteiger partial charge in [-0.25, -0.2) is 4.79 Å². The smallest absolute Gasteiger partial charge is 0.449 e. The van der Waals surface area contributed by atoms with E-state index >= 15 is 0 Å². The molecule has 0 aromatic rings. The summed E-state index contributed by atoms with van der Waals surface area (Å²) in [5, 5.41) is 9.66. The van der Waals surface area contributed by atoms with Crippen LogP contribution >= 0.6 is 0 Å². The number of halogens is 5. The first-order valence-electron chi connectivity index (χ1n) is 7.44. The van der Waals surface area contributed by atoms with Crippen LogP contribution in [-0.4, -0.2) is 41.2 Å². The highest BCUT2D eigenvalue weighted by Gasteiger charge is 2.84. The summed E-state index contributed by atoms with van der Waals surface area (Å²) in [7, 11) is 0. The number of alkyl halides is 5. The molecular weight excluding hydrogens is 339 g/mol. The van der Waals surface area contributed by atoms with Crippen LogP contribution < -0.4 is 0 Å². The molecule has 0 aromatic heterocycles. The summed E-state index contributed by atoms with van der Waals surface area (Å²) in [6.07, 6.45) is -4.63. The average molecular weight is 358 g/mol. The van der Waals surface area contributed by atoms with Crippen molar-refractivity contribution in [2.45, 2.75) is 63.0 Å². The molecular formula is C15H19F5O4. The van der Waals surface area contributed by atoms with E-state index < -0.39 is 41.5 Å². The van der Waals surface area contributed by atoms with Crippen LogP contribution in [-0.2, 0) is 14.3 Å². The maximum absolute atomic E-state index is 14.9. The molecule has 2 fully saturated rings. The number of aliphatic hydroxyl groups is 1. The minimum absolute atomic E-state index is 0.0937. The van der Waals surface area contributed by atoms with Crippen molar-refractivity contribution in [3.8, 4) is 0 Å². The molecule has 2 unspecified atom stereocenters. The van der Waals surface area contributed by atoms with Crippen molar-refractivity contribution in [2.24, 2.45) is 5.41 Å². The van der Waals surface area contributed by atoms with Gasteiger partial charge in [-0.3, -0.25) is 0 Å². The third-order valence-electron chi connectivity index (χ3n) is 5.18. The second-order valence-corrected chi connectivity index (χ2v) is 6.70. The van der Waals surface area contributed by atoms with Gasteiger partial charge in [0.15, 0.2) is 5.60 Å². The van der Waals surface area contributed by atoms with E-state index in [4.69, 9.17) is 4.74 Å². The van der Waals surface area contributed by atoms with Crippen LogP contribution in [0.25, 0.3) is 0 Å². The van der Waals surface area contributed by atoms with Crippen molar-refractivity contribution in [2.75, 3.05) is 6.61 Å². The fourth-order valence-corrected chi connectivity index (χ4v) is 3.51. The van der Waals surface area contributed by atoms with Gasteiger partial charge in [-0.15, -0.1) is 0 Å². The highest BCUT2D eigenvalue weighted by molar-refractivity contribution is 5.87. The number of esters is 1. The zero-order chi connectivity index (χ0) is 18.6. The van der Waals surface area contributed by atoms with E-state index in [1.165, 1.54) is 6.92 Å². The monoisotopic (exact) mass is 358 g/mol. The van der Waals surface area contributed by atoms with Crippen LogP contribution in [0.15, 0.2) is 12.2 Å². The first kappa shape index (κ1) is 19.1. The predicted octanol–water partition coefficient (Wildman–Crippen LogP) is 3.34. The van der Waals surface area contributed by atoms with Gasteiger partial charge in [-0.05, 0) is 26.7 Å². The van der Waals surface area contributed by atoms with Gasteiger partial charge in [0.25, 0.3) is 0 Å². The lowest BCUT2D eigenvalue weighted by Gasteiger charge is -2.57. The summed E-state index contributed by atoms with van der Waals surface area (Å²) in [4.78, 5) is 11.8. The normalized spacial score (nSPS) is 35.0. The van der Waals surface area contributed by atoms with Crippen molar-refractivity contribution in [3.63, 3.8) is 0 Å². The number of ether oxygens (including phenoxy) is 2. The van der Waals surface area contributed by atoms with Crippen molar-refractivity contribution in [1.82, 2.24) is 0 Å². The molecule has 1 N–H and O–H groups in total. The number of carbonyl (C=O) groups excluding carboxylic acids is 1. The lowest BCUT2D eigenvalue weighted by Crippen LogP contribution is -2.78. The molecule has 2 rings (SSSR count). The quantitative estimate of drug-likeness (QED) is 0.467. The predicted molar refractivity (Wildman–Crippen MR) is 72.1 cm³/mol. The van der Waals surface area contributed by atoms with E-state index in [1.807, 2.05) is 0 Å². The highest BCUT2D eigenvalue weighted by atomic mass is 19.4. The van der Waals surface area contributed by atoms with Gasteiger partial charge in [-0.2, -0.15) is 22.0 Å². The van der Waals surface area contributed by atoms with Crippen LogP contribution in [0.4, 0.5) is 22.0 Å². The van der Waals surface area contributed by atoms with Gasteiger partial charge in [0.2, 0.25) is 0 Å². The molecule has 138 valence electrons. The standard InChI is InChI=1S/C15H19F5O4/c1-9(2)10(21)24-11(3)12(6-4-5-7-12)8-23-14(22,13(11,16)17)15(18,19)20/h22H,1,4-8H2,2-3H3. The molecule has 9 heteroatoms. The van der Waals surface area contributed by atoms with Crippen molar-refractivity contribution in [3.05, 3.63) is 12.2 Å². The van der Waals surface area contributed by atoms with Gasteiger partial charge >= 0.3 is 23.9 Å². The summed E-state index contributed by atoms with van der Waals surface area (Å²) < 4.78 is 78.3. The van der Waals surface area contributed by atoms with E-state index in [1.54, 1.807) is 0 Å². The maximum Gasteiger partial charge on any atom is 0.449 e. The van der Waals surface area contributed by atoms with Crippen LogP contribution in [0.2, 0.25) is 0 Å². The van der Waals surface area contributed by atoms with Crippen LogP contribution in [0.5, 0.6) is 0 Å². The molecule has 0 bridgehead atoms. The van der Waals surface area contributed by atoms with Gasteiger partial charge in [0.05, 0.1) is 6.61 Å². The summed E-state index contributed by atoms with van der Waals surface area (Å²) in [6, 6.07) is 0. The van der Waals surface area contributed by atoms with Crippen LogP contribution in [0.3, 0.4) is 0 Å². The molecule has 0 amide bonds. The second-order valence-electron chi connectivity index (χ2n) is 6.70. The highest BCUT2D eigenvalue weighted by Crippen LogP contribution is 2.63. The Morgan fingerprint density at radius 3 is 2.17 bits per heavy atom. The Labute approximate surface area is 135 Å². The molecule has 24 heavy (non-hydrogen) atoms. The SMILES string of the molecule is C=C(C)C(=O)OC1(C)C2(CCCC2)COC(O)(C(F)(F)F)C1(F)F. The molecule has 4 nitrogen and oxygen atoms in total. The fraction of sp³-hybridized carbons (Fsp3) is 0.800. The fourth-order valence-electron chi connectivity index (χ4n) is 3.51. The molecule has 0 aromatic carbocycles. The Kier molecular flexibility index (Phi) is 4.29. The number of hydrogen-bond donors (Lipinski definition) is 1. The van der Waals surface area contributed by atoms with Gasteiger partial charge in [-0.1, -0.05) is 19.4 Å². The molecule has 1 spiro atoms. The molecule has 2 atom stereocenters. The van der Waals surface area contributed by atoms with E-state index in [9.17, 15) is 31.9 Å². The average Bonchev–Trinajstić information content (AvgIpc) is 2.91. The lowest BCUT2D eigenvalue weighted by molar-refractivity contribution is -0.488. The summed E-state index contributed by atoms with van der Waals surface area (Å²) >= 11 is 0. The first-order valence-corrected chi connectivity index (χ1v) is 7.44. The van der Waals surface area contributed by atoms with Gasteiger partial charge in [0, 0.05) is 11.0 Å². The minimum atomic E-state index is -5.77. The van der Waals surface area contributed by atoms with Crippen LogP contribution in [0, 0.1) is 5.41 Å².